The second-order valence-corrected chi connectivity index (χ2v) is 7.40. The molecule has 0 unspecified atom stereocenters. The van der Waals surface area contributed by atoms with E-state index < -0.39 is 11.7 Å². The molecule has 3 aromatic rings. The molecule has 0 radical (unpaired) electrons. The summed E-state index contributed by atoms with van der Waals surface area (Å²) in [5.74, 6) is 0.147. The van der Waals surface area contributed by atoms with Gasteiger partial charge >= 0.3 is 6.18 Å². The minimum Gasteiger partial charge on any atom is -0.340 e. The summed E-state index contributed by atoms with van der Waals surface area (Å²) in [7, 11) is 0. The molecule has 0 aliphatic carbocycles. The summed E-state index contributed by atoms with van der Waals surface area (Å²) in [5, 5.41) is 5.67. The first-order valence-corrected chi connectivity index (χ1v) is 9.35. The fourth-order valence-corrected chi connectivity index (χ4v) is 2.76. The van der Waals surface area contributed by atoms with Crippen molar-refractivity contribution in [3.05, 3.63) is 70.3 Å². The van der Waals surface area contributed by atoms with Gasteiger partial charge in [-0.1, -0.05) is 41.9 Å². The quantitative estimate of drug-likeness (QED) is 0.445. The van der Waals surface area contributed by atoms with Crippen molar-refractivity contribution in [2.75, 3.05) is 10.6 Å². The van der Waals surface area contributed by atoms with Crippen molar-refractivity contribution in [2.45, 2.75) is 25.9 Å². The molecular formula is C20H18BrF3N4. The number of nitrogens with zero attached hydrogens (tertiary/aromatic N) is 2. The van der Waals surface area contributed by atoms with Crippen LogP contribution in [-0.4, -0.2) is 9.97 Å². The summed E-state index contributed by atoms with van der Waals surface area (Å²) < 4.78 is 40.9. The monoisotopic (exact) mass is 450 g/mol. The molecule has 0 saturated carbocycles. The summed E-state index contributed by atoms with van der Waals surface area (Å²) in [4.78, 5) is 7.87. The molecule has 1 heterocycles. The van der Waals surface area contributed by atoms with Gasteiger partial charge in [0.25, 0.3) is 0 Å². The van der Waals surface area contributed by atoms with Gasteiger partial charge in [-0.15, -0.1) is 0 Å². The maximum atomic E-state index is 13.3. The highest BCUT2D eigenvalue weighted by atomic mass is 79.9. The molecule has 0 aliphatic heterocycles. The zero-order chi connectivity index (χ0) is 20.3. The van der Waals surface area contributed by atoms with Gasteiger partial charge in [0.2, 0.25) is 5.95 Å². The largest absolute Gasteiger partial charge is 0.421 e. The van der Waals surface area contributed by atoms with Crippen LogP contribution < -0.4 is 10.6 Å². The molecule has 1 aromatic heterocycles. The number of nitrogens with one attached hydrogen (secondary N) is 2. The number of rotatable bonds is 5. The Bertz CT molecular complexity index is 939. The molecule has 146 valence electrons. The lowest BCUT2D eigenvalue weighted by molar-refractivity contribution is -0.137. The van der Waals surface area contributed by atoms with Crippen LogP contribution in [0.5, 0.6) is 0 Å². The summed E-state index contributed by atoms with van der Waals surface area (Å²) in [6.07, 6.45) is -3.80. The van der Waals surface area contributed by atoms with Crippen LogP contribution in [-0.2, 0) is 6.18 Å². The van der Waals surface area contributed by atoms with Crippen molar-refractivity contribution in [3.8, 4) is 0 Å². The summed E-state index contributed by atoms with van der Waals surface area (Å²) in [6.45, 7) is 4.17. The van der Waals surface area contributed by atoms with Gasteiger partial charge in [0, 0.05) is 22.0 Å². The highest BCUT2D eigenvalue weighted by Crippen LogP contribution is 2.35. The molecule has 0 fully saturated rings. The van der Waals surface area contributed by atoms with Crippen LogP contribution in [0.3, 0.4) is 0 Å². The van der Waals surface area contributed by atoms with Gasteiger partial charge in [-0.3, -0.25) is 0 Å². The molecule has 2 aromatic carbocycles. The number of anilines is 4. The molecule has 0 saturated heterocycles. The van der Waals surface area contributed by atoms with Gasteiger partial charge in [0.15, 0.2) is 0 Å². The second kappa shape index (κ2) is 8.18. The highest BCUT2D eigenvalue weighted by Gasteiger charge is 2.35. The maximum absolute atomic E-state index is 13.3. The van der Waals surface area contributed by atoms with Crippen molar-refractivity contribution in [3.63, 3.8) is 0 Å². The van der Waals surface area contributed by atoms with Crippen LogP contribution in [0.1, 0.15) is 30.9 Å². The van der Waals surface area contributed by atoms with Gasteiger partial charge < -0.3 is 10.6 Å². The first-order valence-electron chi connectivity index (χ1n) is 8.56. The number of hydrogen-bond acceptors (Lipinski definition) is 4. The summed E-state index contributed by atoms with van der Waals surface area (Å²) in [5.41, 5.74) is 1.41. The van der Waals surface area contributed by atoms with Crippen LogP contribution in [0.15, 0.2) is 59.2 Å². The predicted octanol–water partition coefficient (Wildman–Crippen LogP) is 6.87. The van der Waals surface area contributed by atoms with Gasteiger partial charge in [0.05, 0.1) is 0 Å². The van der Waals surface area contributed by atoms with E-state index in [-0.39, 0.29) is 11.8 Å². The minimum atomic E-state index is -4.57. The molecule has 8 heteroatoms. The maximum Gasteiger partial charge on any atom is 0.421 e. The second-order valence-electron chi connectivity index (χ2n) is 6.49. The number of alkyl halides is 3. The smallest absolute Gasteiger partial charge is 0.340 e. The van der Waals surface area contributed by atoms with Gasteiger partial charge in [-0.05, 0) is 47.9 Å². The lowest BCUT2D eigenvalue weighted by atomic mass is 10.0. The Kier molecular flexibility index (Phi) is 5.88. The molecule has 28 heavy (non-hydrogen) atoms. The topological polar surface area (TPSA) is 49.8 Å². The van der Waals surface area contributed by atoms with E-state index in [1.807, 2.05) is 24.3 Å². The molecule has 0 atom stereocenters. The number of aromatic nitrogens is 2. The van der Waals surface area contributed by atoms with E-state index in [1.165, 1.54) is 0 Å². The van der Waals surface area contributed by atoms with Crippen LogP contribution in [0.25, 0.3) is 0 Å². The lowest BCUT2D eigenvalue weighted by Crippen LogP contribution is -2.12. The highest BCUT2D eigenvalue weighted by molar-refractivity contribution is 9.10. The Hall–Kier alpha value is -2.61. The molecule has 0 aliphatic rings. The van der Waals surface area contributed by atoms with Crippen molar-refractivity contribution < 1.29 is 13.2 Å². The molecular weight excluding hydrogens is 433 g/mol. The number of hydrogen-bond donors (Lipinski definition) is 2. The summed E-state index contributed by atoms with van der Waals surface area (Å²) in [6, 6.07) is 14.4. The predicted molar refractivity (Wildman–Crippen MR) is 108 cm³/mol. The Morgan fingerprint density at radius 2 is 1.46 bits per heavy atom. The standard InChI is InChI=1S/C20H18BrF3N4/c1-12(2)13-3-7-16(8-4-13)27-19-25-11-17(20(22,23)24)18(28-19)26-15-9-5-14(21)6-10-15/h3-12H,1-2H3,(H2,25,26,27,28). The van der Waals surface area contributed by atoms with Crippen LogP contribution in [0, 0.1) is 0 Å². The molecule has 0 spiro atoms. The van der Waals surface area contributed by atoms with Crippen molar-refractivity contribution >= 4 is 39.1 Å². The third-order valence-corrected chi connectivity index (χ3v) is 4.56. The Balaban J connectivity index is 1.89. The number of benzene rings is 2. The van der Waals surface area contributed by atoms with Crippen molar-refractivity contribution in [2.24, 2.45) is 0 Å². The van der Waals surface area contributed by atoms with Crippen LogP contribution in [0.2, 0.25) is 0 Å². The SMILES string of the molecule is CC(C)c1ccc(Nc2ncc(C(F)(F)F)c(Nc3ccc(Br)cc3)n2)cc1. The van der Waals surface area contributed by atoms with E-state index in [0.717, 1.165) is 16.2 Å². The van der Waals surface area contributed by atoms with E-state index in [1.54, 1.807) is 24.3 Å². The van der Waals surface area contributed by atoms with Crippen LogP contribution >= 0.6 is 15.9 Å². The molecule has 0 amide bonds. The van der Waals surface area contributed by atoms with Gasteiger partial charge in [-0.25, -0.2) is 4.98 Å². The zero-order valence-corrected chi connectivity index (χ0v) is 16.8. The first-order chi connectivity index (χ1) is 13.2. The third kappa shape index (κ3) is 5.01. The average molecular weight is 451 g/mol. The zero-order valence-electron chi connectivity index (χ0n) is 15.2. The third-order valence-electron chi connectivity index (χ3n) is 4.03. The first kappa shape index (κ1) is 20.1. The molecule has 0 bridgehead atoms. The van der Waals surface area contributed by atoms with Crippen molar-refractivity contribution in [1.82, 2.24) is 9.97 Å². The van der Waals surface area contributed by atoms with E-state index in [2.05, 4.69) is 50.4 Å². The average Bonchev–Trinajstić information content (AvgIpc) is 2.63. The Morgan fingerprint density at radius 3 is 2.04 bits per heavy atom. The molecule has 3 rings (SSSR count). The van der Waals surface area contributed by atoms with Gasteiger partial charge in [0.1, 0.15) is 11.4 Å². The fraction of sp³-hybridized carbons (Fsp3) is 0.200. The Morgan fingerprint density at radius 1 is 0.893 bits per heavy atom. The number of halogens is 4. The normalized spacial score (nSPS) is 11.5. The van der Waals surface area contributed by atoms with Crippen LogP contribution in [0.4, 0.5) is 36.3 Å². The van der Waals surface area contributed by atoms with E-state index in [4.69, 9.17) is 0 Å². The van der Waals surface area contributed by atoms with E-state index in [0.29, 0.717) is 17.3 Å². The fourth-order valence-electron chi connectivity index (χ4n) is 2.50. The summed E-state index contributed by atoms with van der Waals surface area (Å²) >= 11 is 3.30. The van der Waals surface area contributed by atoms with E-state index in [9.17, 15) is 13.2 Å². The van der Waals surface area contributed by atoms with E-state index >= 15 is 0 Å². The molecule has 4 nitrogen and oxygen atoms in total. The molecule has 2 N–H and O–H groups in total. The minimum absolute atomic E-state index is 0.0740. The Labute approximate surface area is 169 Å². The van der Waals surface area contributed by atoms with Crippen molar-refractivity contribution in [1.29, 1.82) is 0 Å². The van der Waals surface area contributed by atoms with Gasteiger partial charge in [-0.2, -0.15) is 18.2 Å². The lowest BCUT2D eigenvalue weighted by Gasteiger charge is -2.15.